The van der Waals surface area contributed by atoms with E-state index in [4.69, 9.17) is 0 Å². The van der Waals surface area contributed by atoms with Crippen LogP contribution in [0.5, 0.6) is 0 Å². The van der Waals surface area contributed by atoms with Crippen molar-refractivity contribution in [3.8, 4) is 0 Å². The second kappa shape index (κ2) is 3.32. The van der Waals surface area contributed by atoms with E-state index in [0.29, 0.717) is 5.54 Å². The topological polar surface area (TPSA) is 33.1 Å². The average molecular weight is 206 g/mol. The molecule has 1 saturated heterocycles. The second-order valence-corrected chi connectivity index (χ2v) is 4.91. The molecule has 4 heteroatoms. The van der Waals surface area contributed by atoms with Crippen molar-refractivity contribution < 1.29 is 0 Å². The lowest BCUT2D eigenvalue weighted by Crippen LogP contribution is -2.52. The van der Waals surface area contributed by atoms with E-state index in [1.807, 2.05) is 12.5 Å². The highest BCUT2D eigenvalue weighted by Gasteiger charge is 2.45. The van der Waals surface area contributed by atoms with E-state index < -0.39 is 0 Å². The van der Waals surface area contributed by atoms with Crippen LogP contribution >= 0.6 is 0 Å². The Bertz CT molecular complexity index is 353. The van der Waals surface area contributed by atoms with Crippen LogP contribution in [-0.4, -0.2) is 39.6 Å². The van der Waals surface area contributed by atoms with Crippen LogP contribution in [-0.2, 0) is 13.6 Å². The van der Waals surface area contributed by atoms with Crippen LogP contribution in [0.15, 0.2) is 12.5 Å². The van der Waals surface area contributed by atoms with Gasteiger partial charge in [-0.3, -0.25) is 4.90 Å². The maximum Gasteiger partial charge on any atom is 0.0945 e. The van der Waals surface area contributed by atoms with Gasteiger partial charge in [0, 0.05) is 45.0 Å². The van der Waals surface area contributed by atoms with Crippen molar-refractivity contribution in [1.82, 2.24) is 19.8 Å². The van der Waals surface area contributed by atoms with Crippen LogP contribution in [0.3, 0.4) is 0 Å². The van der Waals surface area contributed by atoms with Crippen molar-refractivity contribution >= 4 is 0 Å². The number of hydrogen-bond acceptors (Lipinski definition) is 3. The molecule has 0 bridgehead atoms. The Kier molecular flexibility index (Phi) is 2.07. The highest BCUT2D eigenvalue weighted by Crippen LogP contribution is 2.37. The number of hydrogen-bond donors (Lipinski definition) is 1. The zero-order valence-corrected chi connectivity index (χ0v) is 9.24. The summed E-state index contributed by atoms with van der Waals surface area (Å²) in [6.45, 7) is 4.54. The SMILES string of the molecule is Cn1cncc1CN1CCNC2(CC2)C1. The number of aryl methyl sites for hydroxylation is 1. The van der Waals surface area contributed by atoms with Gasteiger partial charge in [-0.15, -0.1) is 0 Å². The maximum atomic E-state index is 4.16. The molecule has 82 valence electrons. The first kappa shape index (κ1) is 9.36. The fourth-order valence-corrected chi connectivity index (χ4v) is 2.43. The molecule has 0 aromatic carbocycles. The fraction of sp³-hybridized carbons (Fsp3) is 0.727. The van der Waals surface area contributed by atoms with Gasteiger partial charge in [-0.05, 0) is 12.8 Å². The Morgan fingerprint density at radius 2 is 2.40 bits per heavy atom. The lowest BCUT2D eigenvalue weighted by atomic mass is 10.2. The summed E-state index contributed by atoms with van der Waals surface area (Å²) >= 11 is 0. The molecule has 15 heavy (non-hydrogen) atoms. The summed E-state index contributed by atoms with van der Waals surface area (Å²) in [7, 11) is 2.07. The number of piperazine rings is 1. The first-order chi connectivity index (χ1) is 7.27. The molecule has 1 aliphatic carbocycles. The minimum absolute atomic E-state index is 0.483. The van der Waals surface area contributed by atoms with Gasteiger partial charge in [0.2, 0.25) is 0 Å². The van der Waals surface area contributed by atoms with Crippen LogP contribution in [0.2, 0.25) is 0 Å². The molecule has 1 aromatic heterocycles. The molecule has 2 aliphatic rings. The lowest BCUT2D eigenvalue weighted by molar-refractivity contribution is 0.179. The molecule has 3 rings (SSSR count). The van der Waals surface area contributed by atoms with Crippen molar-refractivity contribution in [2.45, 2.75) is 24.9 Å². The smallest absolute Gasteiger partial charge is 0.0945 e. The zero-order valence-electron chi connectivity index (χ0n) is 9.24. The molecule has 1 aliphatic heterocycles. The summed E-state index contributed by atoms with van der Waals surface area (Å²) in [5.41, 5.74) is 1.80. The number of nitrogens with zero attached hydrogens (tertiary/aromatic N) is 3. The second-order valence-electron chi connectivity index (χ2n) is 4.91. The van der Waals surface area contributed by atoms with Gasteiger partial charge in [-0.2, -0.15) is 0 Å². The molecular formula is C11H18N4. The molecule has 0 amide bonds. The van der Waals surface area contributed by atoms with E-state index in [2.05, 4.69) is 26.8 Å². The van der Waals surface area contributed by atoms with E-state index in [1.165, 1.54) is 25.1 Å². The third-order valence-corrected chi connectivity index (χ3v) is 3.61. The summed E-state index contributed by atoms with van der Waals surface area (Å²) < 4.78 is 2.11. The van der Waals surface area contributed by atoms with Crippen LogP contribution < -0.4 is 5.32 Å². The van der Waals surface area contributed by atoms with Crippen molar-refractivity contribution in [2.24, 2.45) is 7.05 Å². The van der Waals surface area contributed by atoms with Gasteiger partial charge in [0.05, 0.1) is 12.0 Å². The van der Waals surface area contributed by atoms with Crippen molar-refractivity contribution in [2.75, 3.05) is 19.6 Å². The molecule has 2 heterocycles. The van der Waals surface area contributed by atoms with Crippen LogP contribution in [0, 0.1) is 0 Å². The number of aromatic nitrogens is 2. The Hall–Kier alpha value is -0.870. The van der Waals surface area contributed by atoms with Crippen LogP contribution in [0.4, 0.5) is 0 Å². The van der Waals surface area contributed by atoms with Gasteiger partial charge in [-0.25, -0.2) is 4.98 Å². The third-order valence-electron chi connectivity index (χ3n) is 3.61. The van der Waals surface area contributed by atoms with Gasteiger partial charge in [0.15, 0.2) is 0 Å². The standard InChI is InChI=1S/C11H18N4/c1-14-9-12-6-10(14)7-15-5-4-13-11(8-15)2-3-11/h6,9,13H,2-5,7-8H2,1H3. The highest BCUT2D eigenvalue weighted by molar-refractivity contribution is 5.07. The van der Waals surface area contributed by atoms with E-state index in [0.717, 1.165) is 19.6 Å². The summed E-state index contributed by atoms with van der Waals surface area (Å²) in [6.07, 6.45) is 6.57. The van der Waals surface area contributed by atoms with E-state index in [1.54, 1.807) is 0 Å². The van der Waals surface area contributed by atoms with E-state index >= 15 is 0 Å². The van der Waals surface area contributed by atoms with E-state index in [-0.39, 0.29) is 0 Å². The van der Waals surface area contributed by atoms with Gasteiger partial charge in [0.25, 0.3) is 0 Å². The average Bonchev–Trinajstić information content (AvgIpc) is 2.84. The minimum Gasteiger partial charge on any atom is -0.337 e. The minimum atomic E-state index is 0.483. The quantitative estimate of drug-likeness (QED) is 0.758. The fourth-order valence-electron chi connectivity index (χ4n) is 2.43. The molecule has 1 spiro atoms. The van der Waals surface area contributed by atoms with Gasteiger partial charge < -0.3 is 9.88 Å². The van der Waals surface area contributed by atoms with Crippen LogP contribution in [0.1, 0.15) is 18.5 Å². The molecule has 0 unspecified atom stereocenters. The molecule has 4 nitrogen and oxygen atoms in total. The highest BCUT2D eigenvalue weighted by atomic mass is 15.3. The van der Waals surface area contributed by atoms with Crippen molar-refractivity contribution in [3.05, 3.63) is 18.2 Å². The molecular weight excluding hydrogens is 188 g/mol. The monoisotopic (exact) mass is 206 g/mol. The summed E-state index contributed by atoms with van der Waals surface area (Å²) in [4.78, 5) is 6.70. The third kappa shape index (κ3) is 1.79. The zero-order chi connectivity index (χ0) is 10.3. The molecule has 1 saturated carbocycles. The summed E-state index contributed by atoms with van der Waals surface area (Å²) in [5, 5.41) is 3.63. The largest absolute Gasteiger partial charge is 0.337 e. The maximum absolute atomic E-state index is 4.16. The first-order valence-electron chi connectivity index (χ1n) is 5.70. The van der Waals surface area contributed by atoms with Gasteiger partial charge >= 0.3 is 0 Å². The molecule has 0 radical (unpaired) electrons. The molecule has 0 atom stereocenters. The Morgan fingerprint density at radius 3 is 3.07 bits per heavy atom. The van der Waals surface area contributed by atoms with Crippen molar-refractivity contribution in [1.29, 1.82) is 0 Å². The lowest BCUT2D eigenvalue weighted by Gasteiger charge is -2.33. The van der Waals surface area contributed by atoms with Gasteiger partial charge in [-0.1, -0.05) is 0 Å². The summed E-state index contributed by atoms with van der Waals surface area (Å²) in [5.74, 6) is 0. The predicted octanol–water partition coefficient (Wildman–Crippen LogP) is 0.358. The Morgan fingerprint density at radius 1 is 1.53 bits per heavy atom. The normalized spacial score (nSPS) is 24.6. The first-order valence-corrected chi connectivity index (χ1v) is 5.70. The molecule has 1 N–H and O–H groups in total. The van der Waals surface area contributed by atoms with Crippen LogP contribution in [0.25, 0.3) is 0 Å². The Balaban J connectivity index is 1.65. The predicted molar refractivity (Wildman–Crippen MR) is 58.5 cm³/mol. The number of nitrogens with one attached hydrogen (secondary N) is 1. The van der Waals surface area contributed by atoms with Crippen molar-refractivity contribution in [3.63, 3.8) is 0 Å². The Labute approximate surface area is 90.3 Å². The van der Waals surface area contributed by atoms with E-state index in [9.17, 15) is 0 Å². The van der Waals surface area contributed by atoms with Gasteiger partial charge in [0.1, 0.15) is 0 Å². The molecule has 2 fully saturated rings. The number of rotatable bonds is 2. The number of imidazole rings is 1. The molecule has 1 aromatic rings. The summed E-state index contributed by atoms with van der Waals surface area (Å²) in [6, 6.07) is 0.